The number of carbonyl (C=O) groups is 1. The average molecular weight is 271 g/mol. The van der Waals surface area contributed by atoms with E-state index in [2.05, 4.69) is 0 Å². The topological polar surface area (TPSA) is 101 Å². The van der Waals surface area contributed by atoms with Crippen LogP contribution < -0.4 is 16.0 Å². The summed E-state index contributed by atoms with van der Waals surface area (Å²) in [6, 6.07) is 10.5. The van der Waals surface area contributed by atoms with Crippen molar-refractivity contribution in [1.29, 1.82) is 5.26 Å². The fourth-order valence-electron chi connectivity index (χ4n) is 1.69. The van der Waals surface area contributed by atoms with Crippen molar-refractivity contribution in [3.63, 3.8) is 0 Å². The SMILES string of the molecule is Cc1oc(C(=O)NN)cc1COc1ccccc1C#N. The zero-order valence-electron chi connectivity index (χ0n) is 10.8. The number of nitrogens with zero attached hydrogens (tertiary/aromatic N) is 1. The molecule has 0 aliphatic rings. The third-order valence-electron chi connectivity index (χ3n) is 2.77. The lowest BCUT2D eigenvalue weighted by molar-refractivity contribution is 0.0924. The minimum absolute atomic E-state index is 0.122. The number of rotatable bonds is 4. The normalized spacial score (nSPS) is 9.85. The summed E-state index contributed by atoms with van der Waals surface area (Å²) < 4.78 is 10.9. The van der Waals surface area contributed by atoms with Crippen LogP contribution in [0.5, 0.6) is 5.75 Å². The number of carbonyl (C=O) groups excluding carboxylic acids is 1. The van der Waals surface area contributed by atoms with Crippen LogP contribution in [0.1, 0.15) is 27.4 Å². The van der Waals surface area contributed by atoms with E-state index >= 15 is 0 Å². The Morgan fingerprint density at radius 2 is 2.25 bits per heavy atom. The summed E-state index contributed by atoms with van der Waals surface area (Å²) in [5.41, 5.74) is 3.17. The Kier molecular flexibility index (Phi) is 4.03. The van der Waals surface area contributed by atoms with Crippen molar-refractivity contribution in [2.24, 2.45) is 5.84 Å². The monoisotopic (exact) mass is 271 g/mol. The maximum absolute atomic E-state index is 11.3. The quantitative estimate of drug-likeness (QED) is 0.500. The number of hydrazine groups is 1. The molecule has 0 fully saturated rings. The number of hydrogen-bond acceptors (Lipinski definition) is 5. The van der Waals surface area contributed by atoms with E-state index in [9.17, 15) is 4.79 Å². The van der Waals surface area contributed by atoms with Gasteiger partial charge < -0.3 is 9.15 Å². The molecule has 102 valence electrons. The lowest BCUT2D eigenvalue weighted by Gasteiger charge is -2.06. The van der Waals surface area contributed by atoms with Gasteiger partial charge in [0.25, 0.3) is 0 Å². The number of ether oxygens (including phenoxy) is 1. The Morgan fingerprint density at radius 3 is 2.95 bits per heavy atom. The predicted molar refractivity (Wildman–Crippen MR) is 70.6 cm³/mol. The summed E-state index contributed by atoms with van der Waals surface area (Å²) in [5.74, 6) is 5.71. The van der Waals surface area contributed by atoms with Crippen LogP contribution in [0.3, 0.4) is 0 Å². The van der Waals surface area contributed by atoms with Gasteiger partial charge in [-0.05, 0) is 25.1 Å². The van der Waals surface area contributed by atoms with Crippen LogP contribution in [-0.2, 0) is 6.61 Å². The standard InChI is InChI=1S/C14H13N3O3/c1-9-11(6-13(20-9)14(18)17-16)8-19-12-5-3-2-4-10(12)7-15/h2-6H,8,16H2,1H3,(H,17,18). The Bertz CT molecular complexity index is 671. The summed E-state index contributed by atoms with van der Waals surface area (Å²) in [6.45, 7) is 1.92. The Hall–Kier alpha value is -2.78. The van der Waals surface area contributed by atoms with Crippen molar-refractivity contribution in [2.75, 3.05) is 0 Å². The van der Waals surface area contributed by atoms with E-state index in [0.29, 0.717) is 17.1 Å². The zero-order chi connectivity index (χ0) is 14.5. The first-order chi connectivity index (χ1) is 9.65. The molecule has 6 nitrogen and oxygen atoms in total. The number of benzene rings is 1. The van der Waals surface area contributed by atoms with Gasteiger partial charge in [0.05, 0.1) is 5.56 Å². The van der Waals surface area contributed by atoms with Gasteiger partial charge >= 0.3 is 5.91 Å². The molecule has 0 atom stereocenters. The molecular weight excluding hydrogens is 258 g/mol. The number of amides is 1. The van der Waals surface area contributed by atoms with E-state index in [4.69, 9.17) is 20.3 Å². The number of para-hydroxylation sites is 1. The molecule has 0 aliphatic carbocycles. The molecule has 2 rings (SSSR count). The third-order valence-corrected chi connectivity index (χ3v) is 2.77. The first kappa shape index (κ1) is 13.6. The summed E-state index contributed by atoms with van der Waals surface area (Å²) in [6.07, 6.45) is 0. The van der Waals surface area contributed by atoms with Crippen molar-refractivity contribution in [3.8, 4) is 11.8 Å². The van der Waals surface area contributed by atoms with Crippen LogP contribution in [0.4, 0.5) is 0 Å². The number of furan rings is 1. The third kappa shape index (κ3) is 2.79. The number of nitrogens with one attached hydrogen (secondary N) is 1. The number of nitrogens with two attached hydrogens (primary N) is 1. The maximum Gasteiger partial charge on any atom is 0.300 e. The molecule has 2 aromatic rings. The second kappa shape index (κ2) is 5.91. The smallest absolute Gasteiger partial charge is 0.300 e. The largest absolute Gasteiger partial charge is 0.487 e. The lowest BCUT2D eigenvalue weighted by atomic mass is 10.2. The zero-order valence-corrected chi connectivity index (χ0v) is 10.8. The van der Waals surface area contributed by atoms with Crippen molar-refractivity contribution >= 4 is 5.91 Å². The van der Waals surface area contributed by atoms with E-state index < -0.39 is 5.91 Å². The van der Waals surface area contributed by atoms with Gasteiger partial charge in [0, 0.05) is 5.56 Å². The molecule has 6 heteroatoms. The second-order valence-electron chi connectivity index (χ2n) is 4.06. The number of hydrogen-bond donors (Lipinski definition) is 2. The maximum atomic E-state index is 11.3. The number of nitriles is 1. The highest BCUT2D eigenvalue weighted by atomic mass is 16.5. The van der Waals surface area contributed by atoms with Crippen LogP contribution in [0.2, 0.25) is 0 Å². The molecule has 20 heavy (non-hydrogen) atoms. The van der Waals surface area contributed by atoms with Crippen molar-refractivity contribution in [2.45, 2.75) is 13.5 Å². The van der Waals surface area contributed by atoms with Gasteiger partial charge in [-0.1, -0.05) is 12.1 Å². The molecule has 0 spiro atoms. The summed E-state index contributed by atoms with van der Waals surface area (Å²) in [5, 5.41) is 8.96. The van der Waals surface area contributed by atoms with E-state index in [1.807, 2.05) is 11.5 Å². The van der Waals surface area contributed by atoms with Crippen LogP contribution in [0, 0.1) is 18.3 Å². The Morgan fingerprint density at radius 1 is 1.50 bits per heavy atom. The van der Waals surface area contributed by atoms with Crippen LogP contribution in [0.25, 0.3) is 0 Å². The fourth-order valence-corrected chi connectivity index (χ4v) is 1.69. The number of aryl methyl sites for hydroxylation is 1. The van der Waals surface area contributed by atoms with Crippen molar-refractivity contribution in [3.05, 3.63) is 53.0 Å². The minimum atomic E-state index is -0.503. The molecular formula is C14H13N3O3. The van der Waals surface area contributed by atoms with Gasteiger partial charge in [-0.25, -0.2) is 5.84 Å². The highest BCUT2D eigenvalue weighted by molar-refractivity contribution is 5.91. The molecule has 1 aromatic carbocycles. The molecule has 1 heterocycles. The van der Waals surface area contributed by atoms with E-state index in [-0.39, 0.29) is 12.4 Å². The molecule has 0 radical (unpaired) electrons. The first-order valence-corrected chi connectivity index (χ1v) is 5.88. The van der Waals surface area contributed by atoms with E-state index in [1.54, 1.807) is 37.3 Å². The molecule has 0 unspecified atom stereocenters. The summed E-state index contributed by atoms with van der Waals surface area (Å²) >= 11 is 0. The Balaban J connectivity index is 2.13. The van der Waals surface area contributed by atoms with Gasteiger partial charge in [0.2, 0.25) is 0 Å². The molecule has 1 aromatic heterocycles. The summed E-state index contributed by atoms with van der Waals surface area (Å²) in [4.78, 5) is 11.3. The predicted octanol–water partition coefficient (Wildman–Crippen LogP) is 1.64. The van der Waals surface area contributed by atoms with Crippen LogP contribution in [-0.4, -0.2) is 5.91 Å². The number of nitrogen functional groups attached to an aromatic ring is 1. The van der Waals surface area contributed by atoms with E-state index in [1.165, 1.54) is 0 Å². The first-order valence-electron chi connectivity index (χ1n) is 5.88. The van der Waals surface area contributed by atoms with E-state index in [0.717, 1.165) is 5.56 Å². The summed E-state index contributed by atoms with van der Waals surface area (Å²) in [7, 11) is 0. The second-order valence-corrected chi connectivity index (χ2v) is 4.06. The lowest BCUT2D eigenvalue weighted by Crippen LogP contribution is -2.29. The molecule has 0 saturated heterocycles. The van der Waals surface area contributed by atoms with Crippen molar-refractivity contribution < 1.29 is 13.9 Å². The van der Waals surface area contributed by atoms with Crippen molar-refractivity contribution in [1.82, 2.24) is 5.43 Å². The fraction of sp³-hybridized carbons (Fsp3) is 0.143. The molecule has 0 saturated carbocycles. The van der Waals surface area contributed by atoms with Crippen LogP contribution >= 0.6 is 0 Å². The molecule has 0 bridgehead atoms. The molecule has 0 aliphatic heterocycles. The van der Waals surface area contributed by atoms with Gasteiger partial charge in [0.15, 0.2) is 5.76 Å². The Labute approximate surface area is 115 Å². The van der Waals surface area contributed by atoms with Gasteiger partial charge in [-0.3, -0.25) is 10.2 Å². The highest BCUT2D eigenvalue weighted by Crippen LogP contribution is 2.21. The van der Waals surface area contributed by atoms with Gasteiger partial charge in [-0.2, -0.15) is 5.26 Å². The van der Waals surface area contributed by atoms with Gasteiger partial charge in [0.1, 0.15) is 24.2 Å². The molecule has 1 amide bonds. The van der Waals surface area contributed by atoms with Crippen LogP contribution in [0.15, 0.2) is 34.7 Å². The van der Waals surface area contributed by atoms with Gasteiger partial charge in [-0.15, -0.1) is 0 Å². The average Bonchev–Trinajstić information content (AvgIpc) is 2.85. The highest BCUT2D eigenvalue weighted by Gasteiger charge is 2.14. The minimum Gasteiger partial charge on any atom is -0.487 e. The molecule has 3 N–H and O–H groups in total.